The lowest BCUT2D eigenvalue weighted by Gasteiger charge is -2.27. The van der Waals surface area contributed by atoms with Gasteiger partial charge in [0.25, 0.3) is 5.56 Å². The Hall–Kier alpha value is -1.80. The number of hydrogen-bond acceptors (Lipinski definition) is 5. The summed E-state index contributed by atoms with van der Waals surface area (Å²) in [5.41, 5.74) is 2.71. The third-order valence-corrected chi connectivity index (χ3v) is 5.35. The summed E-state index contributed by atoms with van der Waals surface area (Å²) in [6.45, 7) is 9.86. The van der Waals surface area contributed by atoms with Crippen LogP contribution in [0.1, 0.15) is 30.9 Å². The van der Waals surface area contributed by atoms with Crippen molar-refractivity contribution in [2.75, 3.05) is 38.0 Å². The van der Waals surface area contributed by atoms with Gasteiger partial charge in [-0.3, -0.25) is 14.3 Å². The molecule has 1 fully saturated rings. The summed E-state index contributed by atoms with van der Waals surface area (Å²) in [4.78, 5) is 30.0. The van der Waals surface area contributed by atoms with E-state index in [4.69, 9.17) is 0 Å². The molecule has 168 valence electrons. The first kappa shape index (κ1) is 26.2. The highest BCUT2D eigenvalue weighted by Gasteiger charge is 2.09. The lowest BCUT2D eigenvalue weighted by Crippen LogP contribution is -2.43. The Balaban J connectivity index is 0.00000225. The summed E-state index contributed by atoms with van der Waals surface area (Å²) in [7, 11) is 0. The minimum Gasteiger partial charge on any atom is -0.342 e. The fraction of sp³-hybridized carbons (Fsp3) is 0.524. The third kappa shape index (κ3) is 7.16. The largest absolute Gasteiger partial charge is 0.342 e. The Morgan fingerprint density at radius 3 is 2.40 bits per heavy atom. The van der Waals surface area contributed by atoms with Crippen LogP contribution < -0.4 is 21.9 Å². The molecular formula is C21H33Cl2N5O2. The van der Waals surface area contributed by atoms with Gasteiger partial charge in [0.2, 0.25) is 0 Å². The van der Waals surface area contributed by atoms with Gasteiger partial charge in [-0.15, -0.1) is 24.8 Å². The van der Waals surface area contributed by atoms with Gasteiger partial charge in [-0.1, -0.05) is 13.0 Å². The van der Waals surface area contributed by atoms with Crippen LogP contribution in [0, 0.1) is 6.92 Å². The van der Waals surface area contributed by atoms with E-state index in [0.29, 0.717) is 12.4 Å². The first-order valence-electron chi connectivity index (χ1n) is 10.2. The van der Waals surface area contributed by atoms with Gasteiger partial charge in [0.05, 0.1) is 0 Å². The maximum Gasteiger partial charge on any atom is 0.329 e. The first-order chi connectivity index (χ1) is 13.6. The van der Waals surface area contributed by atoms with Crippen LogP contribution in [0.15, 0.2) is 33.9 Å². The number of anilines is 2. The van der Waals surface area contributed by atoms with E-state index in [2.05, 4.69) is 40.4 Å². The minimum absolute atomic E-state index is 0. The van der Waals surface area contributed by atoms with Gasteiger partial charge in [-0.25, -0.2) is 4.79 Å². The molecular weight excluding hydrogens is 425 g/mol. The minimum atomic E-state index is -0.361. The highest BCUT2D eigenvalue weighted by molar-refractivity contribution is 5.85. The summed E-state index contributed by atoms with van der Waals surface area (Å²) >= 11 is 0. The van der Waals surface area contributed by atoms with Gasteiger partial charge >= 0.3 is 5.69 Å². The van der Waals surface area contributed by atoms with E-state index in [0.717, 1.165) is 57.7 Å². The van der Waals surface area contributed by atoms with Crippen molar-refractivity contribution in [1.29, 1.82) is 0 Å². The number of benzene rings is 1. The van der Waals surface area contributed by atoms with Gasteiger partial charge in [0.15, 0.2) is 0 Å². The standard InChI is InChI=1S/C21H31N5O2.2ClH/c1-3-17-14-18(7-6-16(17)2)23-19-15-20(27)26(21(28)24-19)11-5-4-10-25-12-8-22-9-13-25;;/h6-7,14-15,22-23H,3-5,8-13H2,1-2H3,(H,24,28);2*1H. The zero-order valence-corrected chi connectivity index (χ0v) is 19.3. The van der Waals surface area contributed by atoms with Crippen LogP contribution in [0.25, 0.3) is 0 Å². The van der Waals surface area contributed by atoms with Gasteiger partial charge in [0, 0.05) is 44.5 Å². The molecule has 1 aliphatic rings. The van der Waals surface area contributed by atoms with E-state index in [1.165, 1.54) is 21.8 Å². The van der Waals surface area contributed by atoms with E-state index in [-0.39, 0.29) is 36.1 Å². The van der Waals surface area contributed by atoms with Gasteiger partial charge in [-0.2, -0.15) is 0 Å². The monoisotopic (exact) mass is 457 g/mol. The predicted octanol–water partition coefficient (Wildman–Crippen LogP) is 2.68. The molecule has 0 spiro atoms. The molecule has 2 aromatic rings. The van der Waals surface area contributed by atoms with Crippen LogP contribution in [-0.4, -0.2) is 47.2 Å². The van der Waals surface area contributed by atoms with E-state index in [1.807, 2.05) is 12.1 Å². The topological polar surface area (TPSA) is 82.2 Å². The number of aryl methyl sites for hydroxylation is 2. The summed E-state index contributed by atoms with van der Waals surface area (Å²) in [5.74, 6) is 0.429. The number of nitrogens with one attached hydrogen (secondary N) is 3. The summed E-state index contributed by atoms with van der Waals surface area (Å²) in [6.07, 6.45) is 2.74. The average Bonchev–Trinajstić information content (AvgIpc) is 2.69. The van der Waals surface area contributed by atoms with Crippen molar-refractivity contribution in [3.63, 3.8) is 0 Å². The Labute approximate surface area is 190 Å². The second kappa shape index (κ2) is 12.8. The number of piperazine rings is 1. The van der Waals surface area contributed by atoms with Crippen LogP contribution in [0.5, 0.6) is 0 Å². The Kier molecular flexibility index (Phi) is 11.2. The van der Waals surface area contributed by atoms with E-state index in [1.54, 1.807) is 0 Å². The molecule has 3 N–H and O–H groups in total. The Morgan fingerprint density at radius 1 is 1.03 bits per heavy atom. The molecule has 9 heteroatoms. The van der Waals surface area contributed by atoms with E-state index >= 15 is 0 Å². The number of aromatic amines is 1. The lowest BCUT2D eigenvalue weighted by molar-refractivity contribution is 0.235. The molecule has 2 heterocycles. The van der Waals surface area contributed by atoms with Gasteiger partial charge in [-0.05, 0) is 56.0 Å². The molecule has 1 aromatic carbocycles. The number of hydrogen-bond donors (Lipinski definition) is 3. The number of H-pyrrole nitrogens is 1. The molecule has 1 aromatic heterocycles. The predicted molar refractivity (Wildman–Crippen MR) is 128 cm³/mol. The number of unbranched alkanes of at least 4 members (excludes halogenated alkanes) is 1. The van der Waals surface area contributed by atoms with Crippen molar-refractivity contribution in [2.45, 2.75) is 39.7 Å². The molecule has 0 unspecified atom stereocenters. The Morgan fingerprint density at radius 2 is 1.73 bits per heavy atom. The number of aromatic nitrogens is 2. The number of nitrogens with zero attached hydrogens (tertiary/aromatic N) is 2. The van der Waals surface area contributed by atoms with Crippen LogP contribution in [0.4, 0.5) is 11.5 Å². The third-order valence-electron chi connectivity index (χ3n) is 5.35. The van der Waals surface area contributed by atoms with Crippen molar-refractivity contribution in [3.05, 3.63) is 56.2 Å². The van der Waals surface area contributed by atoms with Crippen molar-refractivity contribution in [1.82, 2.24) is 19.8 Å². The first-order valence-corrected chi connectivity index (χ1v) is 10.2. The van der Waals surface area contributed by atoms with Gasteiger partial charge in [0.1, 0.15) is 5.82 Å². The smallest absolute Gasteiger partial charge is 0.329 e. The highest BCUT2D eigenvalue weighted by atomic mass is 35.5. The molecule has 7 nitrogen and oxygen atoms in total. The van der Waals surface area contributed by atoms with Crippen molar-refractivity contribution in [2.24, 2.45) is 0 Å². The summed E-state index contributed by atoms with van der Waals surface area (Å²) in [6, 6.07) is 7.51. The molecule has 0 bridgehead atoms. The molecule has 3 rings (SSSR count). The number of rotatable bonds is 8. The summed E-state index contributed by atoms with van der Waals surface area (Å²) in [5, 5.41) is 6.48. The van der Waals surface area contributed by atoms with Crippen LogP contribution in [0.3, 0.4) is 0 Å². The van der Waals surface area contributed by atoms with Crippen molar-refractivity contribution in [3.8, 4) is 0 Å². The maximum absolute atomic E-state index is 12.4. The molecule has 30 heavy (non-hydrogen) atoms. The summed E-state index contributed by atoms with van der Waals surface area (Å²) < 4.78 is 1.29. The molecule has 1 aliphatic heterocycles. The molecule has 0 saturated carbocycles. The second-order valence-electron chi connectivity index (χ2n) is 7.40. The van der Waals surface area contributed by atoms with Gasteiger partial charge < -0.3 is 15.5 Å². The molecule has 0 amide bonds. The van der Waals surface area contributed by atoms with Crippen molar-refractivity contribution >= 4 is 36.3 Å². The van der Waals surface area contributed by atoms with Crippen LogP contribution in [0.2, 0.25) is 0 Å². The Bertz CT molecular complexity index is 876. The maximum atomic E-state index is 12.4. The zero-order chi connectivity index (χ0) is 19.9. The van der Waals surface area contributed by atoms with Crippen LogP contribution >= 0.6 is 24.8 Å². The normalized spacial score (nSPS) is 13.9. The fourth-order valence-corrected chi connectivity index (χ4v) is 3.63. The molecule has 1 saturated heterocycles. The quantitative estimate of drug-likeness (QED) is 0.530. The lowest BCUT2D eigenvalue weighted by atomic mass is 10.1. The van der Waals surface area contributed by atoms with E-state index in [9.17, 15) is 9.59 Å². The highest BCUT2D eigenvalue weighted by Crippen LogP contribution is 2.18. The molecule has 0 radical (unpaired) electrons. The number of halogens is 2. The average molecular weight is 458 g/mol. The second-order valence-corrected chi connectivity index (χ2v) is 7.40. The zero-order valence-electron chi connectivity index (χ0n) is 17.7. The van der Waals surface area contributed by atoms with Crippen molar-refractivity contribution < 1.29 is 0 Å². The molecule has 0 atom stereocenters. The SMILES string of the molecule is CCc1cc(Nc2cc(=O)n(CCCCN3CCNCC3)c(=O)[nH]2)ccc1C.Cl.Cl. The molecule has 0 aliphatic carbocycles. The van der Waals surface area contributed by atoms with E-state index < -0.39 is 0 Å². The fourth-order valence-electron chi connectivity index (χ4n) is 3.63. The van der Waals surface area contributed by atoms with Crippen LogP contribution in [-0.2, 0) is 13.0 Å².